The van der Waals surface area contributed by atoms with Gasteiger partial charge in [0.15, 0.2) is 23.0 Å². The molecule has 0 unspecified atom stereocenters. The highest BCUT2D eigenvalue weighted by atomic mass is 16.7. The highest BCUT2D eigenvalue weighted by molar-refractivity contribution is 5.94. The number of benzene rings is 3. The van der Waals surface area contributed by atoms with Gasteiger partial charge in [-0.15, -0.1) is 0 Å². The van der Waals surface area contributed by atoms with Crippen LogP contribution in [0.1, 0.15) is 0 Å². The van der Waals surface area contributed by atoms with Gasteiger partial charge in [0, 0.05) is 47.7 Å². The van der Waals surface area contributed by atoms with Gasteiger partial charge in [-0.1, -0.05) is 0 Å². The minimum Gasteiger partial charge on any atom is -0.493 e. The Kier molecular flexibility index (Phi) is 6.15. The van der Waals surface area contributed by atoms with Crippen LogP contribution in [0.15, 0.2) is 54.6 Å². The molecule has 0 amide bonds. The monoisotopic (exact) mass is 501 g/mol. The van der Waals surface area contributed by atoms with E-state index in [-0.39, 0.29) is 6.79 Å². The Labute approximate surface area is 214 Å². The molecule has 3 aromatic carbocycles. The minimum absolute atomic E-state index is 0.213. The predicted octanol–water partition coefficient (Wildman–Crippen LogP) is 4.70. The van der Waals surface area contributed by atoms with E-state index in [9.17, 15) is 0 Å². The summed E-state index contributed by atoms with van der Waals surface area (Å²) in [6.45, 7) is 3.49. The second kappa shape index (κ2) is 9.90. The van der Waals surface area contributed by atoms with Gasteiger partial charge in [-0.05, 0) is 42.5 Å². The van der Waals surface area contributed by atoms with Gasteiger partial charge < -0.3 is 39.2 Å². The molecule has 3 heterocycles. The van der Waals surface area contributed by atoms with Crippen molar-refractivity contribution in [2.75, 3.05) is 62.8 Å². The molecular formula is C27H27N5O5. The van der Waals surface area contributed by atoms with Gasteiger partial charge in [0.05, 0.1) is 33.0 Å². The van der Waals surface area contributed by atoms with Crippen molar-refractivity contribution in [2.45, 2.75) is 0 Å². The van der Waals surface area contributed by atoms with Crippen molar-refractivity contribution in [3.63, 3.8) is 0 Å². The van der Waals surface area contributed by atoms with E-state index >= 15 is 0 Å². The largest absolute Gasteiger partial charge is 0.493 e. The van der Waals surface area contributed by atoms with E-state index in [0.717, 1.165) is 48.8 Å². The summed E-state index contributed by atoms with van der Waals surface area (Å²) in [4.78, 5) is 11.9. The number of fused-ring (bicyclic) bond motifs is 2. The van der Waals surface area contributed by atoms with Gasteiger partial charge in [-0.3, -0.25) is 0 Å². The molecule has 0 radical (unpaired) electrons. The molecule has 37 heavy (non-hydrogen) atoms. The molecule has 1 aromatic heterocycles. The molecular weight excluding hydrogens is 474 g/mol. The fourth-order valence-corrected chi connectivity index (χ4v) is 4.42. The lowest BCUT2D eigenvalue weighted by molar-refractivity contribution is 0.122. The first-order valence-corrected chi connectivity index (χ1v) is 12.0. The van der Waals surface area contributed by atoms with E-state index in [0.29, 0.717) is 40.3 Å². The van der Waals surface area contributed by atoms with Gasteiger partial charge >= 0.3 is 0 Å². The third-order valence-corrected chi connectivity index (χ3v) is 6.34. The van der Waals surface area contributed by atoms with Gasteiger partial charge in [0.2, 0.25) is 12.7 Å². The molecule has 2 aliphatic rings. The number of nitrogens with one attached hydrogen (secondary N) is 2. The van der Waals surface area contributed by atoms with Crippen LogP contribution < -0.4 is 34.5 Å². The molecule has 0 saturated carbocycles. The number of methoxy groups -OCH3 is 2. The number of ether oxygens (including phenoxy) is 5. The molecule has 1 saturated heterocycles. The van der Waals surface area contributed by atoms with E-state index in [2.05, 4.69) is 27.7 Å². The zero-order valence-corrected chi connectivity index (χ0v) is 20.6. The van der Waals surface area contributed by atoms with Gasteiger partial charge in [0.25, 0.3) is 0 Å². The van der Waals surface area contributed by atoms with Crippen molar-refractivity contribution in [3.8, 4) is 23.0 Å². The summed E-state index contributed by atoms with van der Waals surface area (Å²) < 4.78 is 27.5. The minimum atomic E-state index is 0.213. The average Bonchev–Trinajstić information content (AvgIpc) is 3.41. The number of rotatable bonds is 7. The van der Waals surface area contributed by atoms with Crippen LogP contribution >= 0.6 is 0 Å². The molecule has 190 valence electrons. The third-order valence-electron chi connectivity index (χ3n) is 6.34. The molecule has 10 nitrogen and oxygen atoms in total. The van der Waals surface area contributed by atoms with Crippen LogP contribution in [0.3, 0.4) is 0 Å². The van der Waals surface area contributed by atoms with Crippen LogP contribution in [0.5, 0.6) is 23.0 Å². The molecule has 4 aromatic rings. The first-order valence-electron chi connectivity index (χ1n) is 12.0. The highest BCUT2D eigenvalue weighted by Crippen LogP contribution is 2.38. The fourth-order valence-electron chi connectivity index (χ4n) is 4.42. The van der Waals surface area contributed by atoms with E-state index in [1.54, 1.807) is 14.2 Å². The summed E-state index contributed by atoms with van der Waals surface area (Å²) in [5.41, 5.74) is 3.55. The van der Waals surface area contributed by atoms with Crippen LogP contribution in [0.4, 0.5) is 28.8 Å². The summed E-state index contributed by atoms with van der Waals surface area (Å²) >= 11 is 0. The van der Waals surface area contributed by atoms with Gasteiger partial charge in [-0.2, -0.15) is 4.98 Å². The zero-order chi connectivity index (χ0) is 25.2. The molecule has 10 heteroatoms. The second-order valence-electron chi connectivity index (χ2n) is 8.58. The number of aromatic nitrogens is 2. The SMILES string of the molecule is COc1cc2nc(Nc3ccc(N4CCOCC4)cc3)nc(Nc3ccc4c(c3)OCO4)c2cc1OC. The molecule has 0 atom stereocenters. The maximum absolute atomic E-state index is 5.53. The normalized spacial score (nSPS) is 14.5. The highest BCUT2D eigenvalue weighted by Gasteiger charge is 2.17. The summed E-state index contributed by atoms with van der Waals surface area (Å²) in [6.07, 6.45) is 0. The topological polar surface area (TPSA) is 99.2 Å². The lowest BCUT2D eigenvalue weighted by Gasteiger charge is -2.28. The lowest BCUT2D eigenvalue weighted by atomic mass is 10.2. The van der Waals surface area contributed by atoms with Crippen molar-refractivity contribution < 1.29 is 23.7 Å². The van der Waals surface area contributed by atoms with E-state index in [4.69, 9.17) is 33.7 Å². The number of hydrogen-bond acceptors (Lipinski definition) is 10. The summed E-state index contributed by atoms with van der Waals surface area (Å²) in [7, 11) is 3.21. The Balaban J connectivity index is 1.34. The number of anilines is 5. The zero-order valence-electron chi connectivity index (χ0n) is 20.6. The van der Waals surface area contributed by atoms with E-state index in [1.165, 1.54) is 0 Å². The Hall–Kier alpha value is -4.44. The van der Waals surface area contributed by atoms with Crippen molar-refractivity contribution in [1.29, 1.82) is 0 Å². The molecule has 6 rings (SSSR count). The molecule has 2 aliphatic heterocycles. The summed E-state index contributed by atoms with van der Waals surface area (Å²) in [6, 6.07) is 17.6. The van der Waals surface area contributed by atoms with Crippen LogP contribution in [0.25, 0.3) is 10.9 Å². The number of hydrogen-bond donors (Lipinski definition) is 2. The first-order chi connectivity index (χ1) is 18.2. The van der Waals surface area contributed by atoms with Gasteiger partial charge in [-0.25, -0.2) is 4.98 Å². The van der Waals surface area contributed by atoms with E-state index < -0.39 is 0 Å². The molecule has 1 fully saturated rings. The van der Waals surface area contributed by atoms with Crippen LogP contribution in [-0.4, -0.2) is 57.3 Å². The van der Waals surface area contributed by atoms with Crippen molar-refractivity contribution in [1.82, 2.24) is 9.97 Å². The molecule has 0 aliphatic carbocycles. The Morgan fingerprint density at radius 1 is 0.784 bits per heavy atom. The Morgan fingerprint density at radius 3 is 2.30 bits per heavy atom. The van der Waals surface area contributed by atoms with Crippen LogP contribution in [0, 0.1) is 0 Å². The quantitative estimate of drug-likeness (QED) is 0.371. The number of morpholine rings is 1. The van der Waals surface area contributed by atoms with E-state index in [1.807, 2.05) is 42.5 Å². The predicted molar refractivity (Wildman–Crippen MR) is 141 cm³/mol. The molecule has 0 spiro atoms. The average molecular weight is 502 g/mol. The maximum atomic E-state index is 5.53. The van der Waals surface area contributed by atoms with Gasteiger partial charge in [0.1, 0.15) is 5.82 Å². The summed E-state index contributed by atoms with van der Waals surface area (Å²) in [5.74, 6) is 3.63. The Morgan fingerprint density at radius 2 is 1.51 bits per heavy atom. The third kappa shape index (κ3) is 4.70. The summed E-state index contributed by atoms with van der Waals surface area (Å²) in [5, 5.41) is 7.52. The molecule has 0 bridgehead atoms. The van der Waals surface area contributed by atoms with Crippen molar-refractivity contribution >= 4 is 39.7 Å². The van der Waals surface area contributed by atoms with Crippen LogP contribution in [0.2, 0.25) is 0 Å². The maximum Gasteiger partial charge on any atom is 0.231 e. The fraction of sp³-hybridized carbons (Fsp3) is 0.259. The van der Waals surface area contributed by atoms with Crippen molar-refractivity contribution in [3.05, 3.63) is 54.6 Å². The smallest absolute Gasteiger partial charge is 0.231 e. The molecule has 2 N–H and O–H groups in total. The number of nitrogens with zero attached hydrogens (tertiary/aromatic N) is 3. The second-order valence-corrected chi connectivity index (χ2v) is 8.58. The van der Waals surface area contributed by atoms with Crippen molar-refractivity contribution in [2.24, 2.45) is 0 Å². The first kappa shape index (κ1) is 23.0. The van der Waals surface area contributed by atoms with Crippen LogP contribution in [-0.2, 0) is 4.74 Å². The standard InChI is InChI=1S/C27H27N5O5/c1-33-23-14-20-21(15-24(23)34-2)30-27(29-17-3-6-19(7-4-17)32-9-11-35-12-10-32)31-26(20)28-18-5-8-22-25(13-18)37-16-36-22/h3-8,13-15H,9-12,16H2,1-2H3,(H2,28,29,30,31). The lowest BCUT2D eigenvalue weighted by Crippen LogP contribution is -2.36. The Bertz CT molecular complexity index is 1420.